The van der Waals surface area contributed by atoms with Crippen LogP contribution in [0, 0.1) is 0 Å². The van der Waals surface area contributed by atoms with E-state index in [4.69, 9.17) is 0 Å². The molecular formula is C15H23N5S. The molecule has 0 spiro atoms. The summed E-state index contributed by atoms with van der Waals surface area (Å²) in [5.41, 5.74) is 0.887. The second kappa shape index (κ2) is 7.66. The minimum Gasteiger partial charge on any atom is -0.303 e. The van der Waals surface area contributed by atoms with Crippen LogP contribution in [0.25, 0.3) is 10.7 Å². The minimum absolute atomic E-state index is 0.887. The Morgan fingerprint density at radius 2 is 1.86 bits per heavy atom. The third-order valence-electron chi connectivity index (χ3n) is 4.00. The van der Waals surface area contributed by atoms with Crippen LogP contribution in [-0.2, 0) is 6.54 Å². The maximum atomic E-state index is 4.26. The lowest BCUT2D eigenvalue weighted by Crippen LogP contribution is -2.25. The van der Waals surface area contributed by atoms with Gasteiger partial charge in [-0.05, 0) is 45.3 Å². The summed E-state index contributed by atoms with van der Waals surface area (Å²) in [6, 6.07) is 0. The van der Waals surface area contributed by atoms with Gasteiger partial charge in [0.15, 0.2) is 0 Å². The number of likely N-dealkylation sites (tertiary alicyclic amines) is 1. The molecule has 1 saturated heterocycles. The molecule has 0 aliphatic carbocycles. The Balaban J connectivity index is 1.39. The van der Waals surface area contributed by atoms with E-state index in [1.165, 1.54) is 51.7 Å². The number of nitrogens with zero attached hydrogens (tertiary/aromatic N) is 5. The summed E-state index contributed by atoms with van der Waals surface area (Å²) < 4.78 is 1.94. The Labute approximate surface area is 130 Å². The molecule has 1 aliphatic heterocycles. The van der Waals surface area contributed by atoms with Gasteiger partial charge in [0.05, 0.1) is 6.20 Å². The Kier molecular flexibility index (Phi) is 5.34. The molecule has 0 N–H and O–H groups in total. The summed E-state index contributed by atoms with van der Waals surface area (Å²) >= 11 is 1.60. The predicted molar refractivity (Wildman–Crippen MR) is 85.3 cm³/mol. The van der Waals surface area contributed by atoms with Crippen LogP contribution in [0.4, 0.5) is 0 Å². The van der Waals surface area contributed by atoms with E-state index in [0.29, 0.717) is 0 Å². The molecule has 3 heterocycles. The molecule has 2 aromatic heterocycles. The van der Waals surface area contributed by atoms with Crippen LogP contribution in [-0.4, -0.2) is 44.5 Å². The van der Waals surface area contributed by atoms with E-state index in [1.54, 1.807) is 17.5 Å². The third kappa shape index (κ3) is 4.35. The molecule has 0 bridgehead atoms. The number of aromatic nitrogens is 4. The highest BCUT2D eigenvalue weighted by molar-refractivity contribution is 7.13. The average Bonchev–Trinajstić information content (AvgIpc) is 3.11. The van der Waals surface area contributed by atoms with Crippen molar-refractivity contribution in [2.45, 2.75) is 45.1 Å². The van der Waals surface area contributed by atoms with E-state index in [9.17, 15) is 0 Å². The van der Waals surface area contributed by atoms with Crippen molar-refractivity contribution < 1.29 is 0 Å². The minimum atomic E-state index is 0.887. The Hall–Kier alpha value is -1.27. The quantitative estimate of drug-likeness (QED) is 0.770. The lowest BCUT2D eigenvalue weighted by Gasteiger charge is -2.19. The van der Waals surface area contributed by atoms with Crippen LogP contribution >= 0.6 is 11.3 Å². The fourth-order valence-corrected chi connectivity index (χ4v) is 3.41. The van der Waals surface area contributed by atoms with Crippen LogP contribution in [0.3, 0.4) is 0 Å². The summed E-state index contributed by atoms with van der Waals surface area (Å²) in [7, 11) is 0. The molecule has 1 aliphatic rings. The Morgan fingerprint density at radius 3 is 2.62 bits per heavy atom. The van der Waals surface area contributed by atoms with Crippen molar-refractivity contribution in [3.63, 3.8) is 0 Å². The van der Waals surface area contributed by atoms with E-state index in [-0.39, 0.29) is 0 Å². The maximum Gasteiger partial charge on any atom is 0.145 e. The zero-order valence-electron chi connectivity index (χ0n) is 12.4. The number of rotatable bonds is 6. The first-order chi connectivity index (χ1) is 10.4. The zero-order valence-corrected chi connectivity index (χ0v) is 13.3. The van der Waals surface area contributed by atoms with Gasteiger partial charge < -0.3 is 4.90 Å². The van der Waals surface area contributed by atoms with Crippen molar-refractivity contribution in [1.82, 2.24) is 24.9 Å². The number of hydrogen-bond acceptors (Lipinski definition) is 5. The Morgan fingerprint density at radius 1 is 1.05 bits per heavy atom. The second-order valence-electron chi connectivity index (χ2n) is 5.67. The molecule has 5 nitrogen and oxygen atoms in total. The first-order valence-corrected chi connectivity index (χ1v) is 8.82. The lowest BCUT2D eigenvalue weighted by atomic mass is 10.2. The molecule has 1 fully saturated rings. The van der Waals surface area contributed by atoms with Crippen molar-refractivity contribution in [3.05, 3.63) is 17.8 Å². The summed E-state index contributed by atoms with van der Waals surface area (Å²) in [5.74, 6) is 0. The van der Waals surface area contributed by atoms with Crippen molar-refractivity contribution in [3.8, 4) is 10.7 Å². The van der Waals surface area contributed by atoms with Crippen molar-refractivity contribution in [2.75, 3.05) is 19.6 Å². The van der Waals surface area contributed by atoms with Gasteiger partial charge in [0, 0.05) is 18.1 Å². The van der Waals surface area contributed by atoms with Crippen LogP contribution in [0.2, 0.25) is 0 Å². The normalized spacial score (nSPS) is 17.0. The molecule has 0 radical (unpaired) electrons. The third-order valence-corrected chi connectivity index (χ3v) is 4.80. The van der Waals surface area contributed by atoms with Gasteiger partial charge >= 0.3 is 0 Å². The first-order valence-electron chi connectivity index (χ1n) is 7.94. The molecule has 114 valence electrons. The van der Waals surface area contributed by atoms with Gasteiger partial charge in [0.1, 0.15) is 10.7 Å². The smallest absolute Gasteiger partial charge is 0.145 e. The van der Waals surface area contributed by atoms with Crippen molar-refractivity contribution in [1.29, 1.82) is 0 Å². The highest BCUT2D eigenvalue weighted by Gasteiger charge is 2.09. The highest BCUT2D eigenvalue weighted by Crippen LogP contribution is 2.18. The van der Waals surface area contributed by atoms with Gasteiger partial charge in [-0.3, -0.25) is 4.68 Å². The predicted octanol–water partition coefficient (Wildman–Crippen LogP) is 3.06. The van der Waals surface area contributed by atoms with Crippen LogP contribution in [0.15, 0.2) is 17.8 Å². The van der Waals surface area contributed by atoms with E-state index in [2.05, 4.69) is 20.2 Å². The van der Waals surface area contributed by atoms with Crippen LogP contribution in [0.1, 0.15) is 38.5 Å². The lowest BCUT2D eigenvalue weighted by molar-refractivity contribution is 0.276. The molecule has 6 heteroatoms. The number of thiazole rings is 1. The number of unbranched alkanes of at least 4 members (excludes halogenated alkanes) is 1. The summed E-state index contributed by atoms with van der Waals surface area (Å²) in [5, 5.41) is 11.3. The number of hydrogen-bond donors (Lipinski definition) is 0. The standard InChI is InChI=1S/C15H23N5S/c1-2-4-9-19(8-3-1)10-5-6-11-20-13-14(17-18-20)15-16-7-12-21-15/h7,12-13H,1-6,8-11H2. The van der Waals surface area contributed by atoms with Crippen molar-refractivity contribution in [2.24, 2.45) is 0 Å². The van der Waals surface area contributed by atoms with E-state index >= 15 is 0 Å². The Bertz CT molecular complexity index is 514. The molecule has 0 aromatic carbocycles. The van der Waals surface area contributed by atoms with Gasteiger partial charge in [-0.15, -0.1) is 16.4 Å². The topological polar surface area (TPSA) is 46.8 Å². The largest absolute Gasteiger partial charge is 0.303 e. The average molecular weight is 305 g/mol. The molecule has 2 aromatic rings. The SMILES string of the molecule is c1csc(-c2cn(CCCCN3CCCCCC3)nn2)n1. The van der Waals surface area contributed by atoms with Gasteiger partial charge in [0.25, 0.3) is 0 Å². The summed E-state index contributed by atoms with van der Waals surface area (Å²) in [6.45, 7) is 4.76. The van der Waals surface area contributed by atoms with Gasteiger partial charge in [0.2, 0.25) is 0 Å². The fourth-order valence-electron chi connectivity index (χ4n) is 2.82. The molecule has 0 saturated carbocycles. The molecule has 21 heavy (non-hydrogen) atoms. The molecule has 3 rings (SSSR count). The van der Waals surface area contributed by atoms with Gasteiger partial charge in [-0.2, -0.15) is 0 Å². The summed E-state index contributed by atoms with van der Waals surface area (Å²) in [6.07, 6.45) is 11.8. The highest BCUT2D eigenvalue weighted by atomic mass is 32.1. The van der Waals surface area contributed by atoms with E-state index in [0.717, 1.165) is 23.7 Å². The maximum absolute atomic E-state index is 4.26. The van der Waals surface area contributed by atoms with Crippen LogP contribution in [0.5, 0.6) is 0 Å². The monoisotopic (exact) mass is 305 g/mol. The van der Waals surface area contributed by atoms with Gasteiger partial charge in [-0.1, -0.05) is 18.1 Å². The number of aryl methyl sites for hydroxylation is 1. The van der Waals surface area contributed by atoms with E-state index in [1.807, 2.05) is 16.3 Å². The molecule has 0 unspecified atom stereocenters. The van der Waals surface area contributed by atoms with E-state index < -0.39 is 0 Å². The molecule has 0 amide bonds. The summed E-state index contributed by atoms with van der Waals surface area (Å²) in [4.78, 5) is 6.88. The fraction of sp³-hybridized carbons (Fsp3) is 0.667. The van der Waals surface area contributed by atoms with Crippen LogP contribution < -0.4 is 0 Å². The zero-order chi connectivity index (χ0) is 14.3. The first kappa shape index (κ1) is 14.7. The second-order valence-corrected chi connectivity index (χ2v) is 6.56. The molecule has 0 atom stereocenters. The van der Waals surface area contributed by atoms with Crippen molar-refractivity contribution >= 4 is 11.3 Å². The van der Waals surface area contributed by atoms with Gasteiger partial charge in [-0.25, -0.2) is 4.98 Å². The molecular weight excluding hydrogens is 282 g/mol.